The van der Waals surface area contributed by atoms with Crippen LogP contribution in [0.4, 0.5) is 5.82 Å². The molecule has 2 aromatic rings. The van der Waals surface area contributed by atoms with Gasteiger partial charge in [-0.15, -0.1) is 0 Å². The largest absolute Gasteiger partial charge is 0.491 e. The summed E-state index contributed by atoms with van der Waals surface area (Å²) >= 11 is 0. The minimum Gasteiger partial charge on any atom is -0.491 e. The molecule has 0 saturated heterocycles. The van der Waals surface area contributed by atoms with Crippen LogP contribution in [0.5, 0.6) is 5.75 Å². The number of rotatable bonds is 8. The Labute approximate surface area is 144 Å². The molecule has 2 rings (SSSR count). The van der Waals surface area contributed by atoms with Crippen molar-refractivity contribution in [2.75, 3.05) is 32.1 Å². The van der Waals surface area contributed by atoms with Gasteiger partial charge >= 0.3 is 0 Å². The minimum atomic E-state index is -0.565. The van der Waals surface area contributed by atoms with E-state index >= 15 is 0 Å². The highest BCUT2D eigenvalue weighted by atomic mass is 16.5. The highest BCUT2D eigenvalue weighted by Gasteiger charge is 2.15. The van der Waals surface area contributed by atoms with Gasteiger partial charge in [-0.1, -0.05) is 12.1 Å². The average Bonchev–Trinajstić information content (AvgIpc) is 2.79. The molecule has 1 aromatic heterocycles. The molecular weight excluding hydrogens is 304 g/mol. The first-order valence-electron chi connectivity index (χ1n) is 8.16. The van der Waals surface area contributed by atoms with Crippen LogP contribution in [0.1, 0.15) is 16.8 Å². The second kappa shape index (κ2) is 8.17. The zero-order valence-electron chi connectivity index (χ0n) is 15.2. The Balaban J connectivity index is 1.82. The second-order valence-electron chi connectivity index (χ2n) is 6.32. The molecule has 0 unspecified atom stereocenters. The van der Waals surface area contributed by atoms with Crippen molar-refractivity contribution in [1.82, 2.24) is 15.1 Å². The van der Waals surface area contributed by atoms with Crippen LogP contribution in [0.3, 0.4) is 0 Å². The molecule has 0 aliphatic heterocycles. The van der Waals surface area contributed by atoms with Crippen molar-refractivity contribution in [3.63, 3.8) is 0 Å². The Bertz CT molecular complexity index is 667. The van der Waals surface area contributed by atoms with Crippen LogP contribution in [-0.4, -0.2) is 48.2 Å². The van der Waals surface area contributed by atoms with Crippen molar-refractivity contribution in [2.24, 2.45) is 7.05 Å². The third-order valence-corrected chi connectivity index (χ3v) is 3.85. The van der Waals surface area contributed by atoms with Gasteiger partial charge in [-0.05, 0) is 31.5 Å². The third-order valence-electron chi connectivity index (χ3n) is 3.85. The number of aliphatic hydroxyl groups excluding tert-OH is 1. The van der Waals surface area contributed by atoms with Crippen molar-refractivity contribution < 1.29 is 9.84 Å². The van der Waals surface area contributed by atoms with E-state index in [2.05, 4.69) is 10.4 Å². The van der Waals surface area contributed by atoms with Gasteiger partial charge in [0, 0.05) is 39.8 Å². The van der Waals surface area contributed by atoms with E-state index in [9.17, 15) is 5.11 Å². The Morgan fingerprint density at radius 3 is 2.75 bits per heavy atom. The number of aromatic nitrogens is 2. The van der Waals surface area contributed by atoms with Gasteiger partial charge in [-0.2, -0.15) is 5.10 Å². The molecule has 0 fully saturated rings. The van der Waals surface area contributed by atoms with E-state index in [0.29, 0.717) is 13.1 Å². The van der Waals surface area contributed by atoms with E-state index in [-0.39, 0.29) is 6.61 Å². The molecule has 6 heteroatoms. The van der Waals surface area contributed by atoms with Gasteiger partial charge in [0.15, 0.2) is 0 Å². The molecule has 1 aromatic carbocycles. The van der Waals surface area contributed by atoms with Crippen molar-refractivity contribution in [3.8, 4) is 5.75 Å². The Hall–Kier alpha value is -2.05. The Morgan fingerprint density at radius 2 is 2.08 bits per heavy atom. The van der Waals surface area contributed by atoms with Crippen LogP contribution in [-0.2, 0) is 13.6 Å². The number of hydrogen-bond donors (Lipinski definition) is 2. The predicted molar refractivity (Wildman–Crippen MR) is 96.7 cm³/mol. The third kappa shape index (κ3) is 4.72. The van der Waals surface area contributed by atoms with Crippen molar-refractivity contribution in [1.29, 1.82) is 0 Å². The zero-order chi connectivity index (χ0) is 17.7. The van der Waals surface area contributed by atoms with Gasteiger partial charge < -0.3 is 20.1 Å². The lowest BCUT2D eigenvalue weighted by atomic mass is 10.2. The predicted octanol–water partition coefficient (Wildman–Crippen LogP) is 1.63. The summed E-state index contributed by atoms with van der Waals surface area (Å²) in [6.07, 6.45) is -0.565. The lowest BCUT2D eigenvalue weighted by Crippen LogP contribution is -2.31. The van der Waals surface area contributed by atoms with E-state index in [4.69, 9.17) is 4.74 Å². The van der Waals surface area contributed by atoms with Crippen LogP contribution in [0.2, 0.25) is 0 Å². The molecule has 24 heavy (non-hydrogen) atoms. The molecule has 0 aliphatic carbocycles. The number of hydrogen-bond acceptors (Lipinski definition) is 5. The van der Waals surface area contributed by atoms with Crippen molar-refractivity contribution in [3.05, 3.63) is 41.1 Å². The summed E-state index contributed by atoms with van der Waals surface area (Å²) in [6, 6.07) is 7.82. The lowest BCUT2D eigenvalue weighted by Gasteiger charge is -2.17. The molecule has 0 bridgehead atoms. The van der Waals surface area contributed by atoms with E-state index < -0.39 is 6.10 Å². The summed E-state index contributed by atoms with van der Waals surface area (Å²) in [7, 11) is 5.95. The molecule has 0 saturated carbocycles. The molecule has 1 heterocycles. The number of aryl methyl sites for hydroxylation is 3. The first-order valence-corrected chi connectivity index (χ1v) is 8.16. The number of benzene rings is 1. The molecule has 1 atom stereocenters. The van der Waals surface area contributed by atoms with Gasteiger partial charge in [0.2, 0.25) is 0 Å². The highest BCUT2D eigenvalue weighted by Crippen LogP contribution is 2.20. The molecule has 6 nitrogen and oxygen atoms in total. The summed E-state index contributed by atoms with van der Waals surface area (Å²) in [5.74, 6) is 1.86. The summed E-state index contributed by atoms with van der Waals surface area (Å²) in [5.41, 5.74) is 3.29. The van der Waals surface area contributed by atoms with Crippen LogP contribution in [0, 0.1) is 13.8 Å². The maximum absolute atomic E-state index is 10.1. The van der Waals surface area contributed by atoms with Crippen LogP contribution < -0.4 is 15.0 Å². The fourth-order valence-electron chi connectivity index (χ4n) is 2.78. The van der Waals surface area contributed by atoms with Crippen LogP contribution in [0.25, 0.3) is 0 Å². The number of anilines is 1. The Morgan fingerprint density at radius 1 is 1.33 bits per heavy atom. The minimum absolute atomic E-state index is 0.267. The average molecular weight is 332 g/mol. The second-order valence-corrected chi connectivity index (χ2v) is 6.32. The summed E-state index contributed by atoms with van der Waals surface area (Å²) in [5, 5.41) is 17.8. The van der Waals surface area contributed by atoms with Gasteiger partial charge in [-0.25, -0.2) is 0 Å². The SMILES string of the molecule is Cc1cccc(OC[C@@H](O)CNCc2c(C)nn(C)c2N(C)C)c1. The Kier molecular flexibility index (Phi) is 6.23. The lowest BCUT2D eigenvalue weighted by molar-refractivity contribution is 0.106. The first kappa shape index (κ1) is 18.3. The van der Waals surface area contributed by atoms with E-state index in [1.165, 1.54) is 0 Å². The summed E-state index contributed by atoms with van der Waals surface area (Å²) in [6.45, 7) is 5.41. The molecular formula is C18H28N4O2. The summed E-state index contributed by atoms with van der Waals surface area (Å²) in [4.78, 5) is 2.05. The smallest absolute Gasteiger partial charge is 0.130 e. The monoisotopic (exact) mass is 332 g/mol. The number of aliphatic hydroxyl groups is 1. The van der Waals surface area contributed by atoms with Crippen LogP contribution in [0.15, 0.2) is 24.3 Å². The van der Waals surface area contributed by atoms with Gasteiger partial charge in [0.25, 0.3) is 0 Å². The standard InChI is InChI=1S/C18H28N4O2/c1-13-7-6-8-16(9-13)24-12-15(23)10-19-11-17-14(2)20-22(5)18(17)21(3)4/h6-9,15,19,23H,10-12H2,1-5H3/t15-/m0/s1. The van der Waals surface area contributed by atoms with E-state index in [1.54, 1.807) is 0 Å². The number of nitrogens with zero attached hydrogens (tertiary/aromatic N) is 3. The normalized spacial score (nSPS) is 12.2. The summed E-state index contributed by atoms with van der Waals surface area (Å²) < 4.78 is 7.51. The van der Waals surface area contributed by atoms with E-state index in [1.807, 2.05) is 68.8 Å². The van der Waals surface area contributed by atoms with Crippen molar-refractivity contribution in [2.45, 2.75) is 26.5 Å². The maximum Gasteiger partial charge on any atom is 0.130 e. The highest BCUT2D eigenvalue weighted by molar-refractivity contribution is 5.48. The molecule has 0 aliphatic rings. The number of nitrogens with one attached hydrogen (secondary N) is 1. The molecule has 0 spiro atoms. The first-order chi connectivity index (χ1) is 11.4. The molecule has 2 N–H and O–H groups in total. The maximum atomic E-state index is 10.1. The van der Waals surface area contributed by atoms with Gasteiger partial charge in [0.05, 0.1) is 5.69 Å². The molecule has 0 radical (unpaired) electrons. The van der Waals surface area contributed by atoms with E-state index in [0.717, 1.165) is 28.4 Å². The fourth-order valence-corrected chi connectivity index (χ4v) is 2.78. The zero-order valence-corrected chi connectivity index (χ0v) is 15.2. The topological polar surface area (TPSA) is 62.6 Å². The number of ether oxygens (including phenoxy) is 1. The quantitative estimate of drug-likeness (QED) is 0.769. The van der Waals surface area contributed by atoms with Crippen LogP contribution >= 0.6 is 0 Å². The van der Waals surface area contributed by atoms with Gasteiger partial charge in [-0.3, -0.25) is 4.68 Å². The molecule has 132 valence electrons. The molecule has 0 amide bonds. The fraction of sp³-hybridized carbons (Fsp3) is 0.500. The van der Waals surface area contributed by atoms with Gasteiger partial charge in [0.1, 0.15) is 24.3 Å². The van der Waals surface area contributed by atoms with Crippen molar-refractivity contribution >= 4 is 5.82 Å².